The molecule has 23 heavy (non-hydrogen) atoms. The quantitative estimate of drug-likeness (QED) is 0.808. The minimum Gasteiger partial charge on any atom is -0.354 e. The summed E-state index contributed by atoms with van der Waals surface area (Å²) in [5.74, 6) is -0.670. The van der Waals surface area contributed by atoms with Crippen LogP contribution < -0.4 is 11.1 Å². The minimum atomic E-state index is -0.292. The molecule has 0 radical (unpaired) electrons. The average Bonchev–Trinajstić information content (AvgIpc) is 2.80. The Kier molecular flexibility index (Phi) is 4.43. The summed E-state index contributed by atoms with van der Waals surface area (Å²) in [7, 11) is 0. The third-order valence-corrected chi connectivity index (χ3v) is 4.60. The smallest absolute Gasteiger partial charge is 0.261 e. The zero-order chi connectivity index (χ0) is 16.4. The van der Waals surface area contributed by atoms with E-state index in [9.17, 15) is 14.4 Å². The first-order valence-electron chi connectivity index (χ1n) is 8.06. The number of rotatable bonds is 4. The van der Waals surface area contributed by atoms with Gasteiger partial charge in [0.25, 0.3) is 11.8 Å². The molecule has 1 aromatic carbocycles. The summed E-state index contributed by atoms with van der Waals surface area (Å²) in [6.07, 6.45) is 3.50. The van der Waals surface area contributed by atoms with Gasteiger partial charge in [-0.15, -0.1) is 0 Å². The van der Waals surface area contributed by atoms with Crippen LogP contribution in [0.15, 0.2) is 24.3 Å². The molecule has 6 nitrogen and oxygen atoms in total. The fraction of sp³-hybridized carbons (Fsp3) is 0.471. The summed E-state index contributed by atoms with van der Waals surface area (Å²) in [5.41, 5.74) is 6.76. The lowest BCUT2D eigenvalue weighted by molar-refractivity contribution is -0.126. The lowest BCUT2D eigenvalue weighted by Crippen LogP contribution is -2.42. The van der Waals surface area contributed by atoms with Gasteiger partial charge in [-0.2, -0.15) is 0 Å². The van der Waals surface area contributed by atoms with E-state index in [4.69, 9.17) is 5.73 Å². The number of nitrogens with zero attached hydrogens (tertiary/aromatic N) is 1. The lowest BCUT2D eigenvalue weighted by atomic mass is 9.85. The fourth-order valence-corrected chi connectivity index (χ4v) is 3.34. The Hall–Kier alpha value is -2.21. The Labute approximate surface area is 135 Å². The van der Waals surface area contributed by atoms with Crippen molar-refractivity contribution in [2.45, 2.75) is 31.7 Å². The molecule has 0 aromatic heterocycles. The largest absolute Gasteiger partial charge is 0.354 e. The predicted molar refractivity (Wildman–Crippen MR) is 84.8 cm³/mol. The van der Waals surface area contributed by atoms with Crippen LogP contribution in [0.25, 0.3) is 0 Å². The van der Waals surface area contributed by atoms with Crippen molar-refractivity contribution >= 4 is 17.7 Å². The molecule has 1 aliphatic heterocycles. The van der Waals surface area contributed by atoms with Crippen LogP contribution in [0.3, 0.4) is 0 Å². The van der Waals surface area contributed by atoms with Crippen LogP contribution in [-0.2, 0) is 4.79 Å². The first-order valence-corrected chi connectivity index (χ1v) is 8.06. The van der Waals surface area contributed by atoms with Crippen molar-refractivity contribution in [2.75, 3.05) is 13.1 Å². The van der Waals surface area contributed by atoms with Crippen LogP contribution in [-0.4, -0.2) is 41.8 Å². The molecule has 2 atom stereocenters. The molecule has 1 saturated carbocycles. The molecule has 0 saturated heterocycles. The second kappa shape index (κ2) is 6.50. The highest BCUT2D eigenvalue weighted by Crippen LogP contribution is 2.23. The van der Waals surface area contributed by atoms with Crippen LogP contribution in [0.4, 0.5) is 0 Å². The standard InChI is InChI=1S/C17H21N3O3/c18-12-5-3-4-11(10-12)15(21)19-8-9-20-16(22)13-6-1-2-7-14(13)17(20)23/h1-2,6-7,11-12H,3-5,8-10,18H2,(H,19,21). The lowest BCUT2D eigenvalue weighted by Gasteiger charge is -2.26. The molecule has 2 aliphatic rings. The molecular weight excluding hydrogens is 294 g/mol. The third kappa shape index (κ3) is 3.12. The summed E-state index contributed by atoms with van der Waals surface area (Å²) in [6.45, 7) is 0.465. The molecule has 3 amide bonds. The number of amides is 3. The van der Waals surface area contributed by atoms with Crippen molar-refractivity contribution in [1.82, 2.24) is 10.2 Å². The molecule has 2 unspecified atom stereocenters. The van der Waals surface area contributed by atoms with Crippen molar-refractivity contribution < 1.29 is 14.4 Å². The first kappa shape index (κ1) is 15.7. The Morgan fingerprint density at radius 2 is 1.83 bits per heavy atom. The zero-order valence-corrected chi connectivity index (χ0v) is 13.0. The third-order valence-electron chi connectivity index (χ3n) is 4.60. The van der Waals surface area contributed by atoms with Crippen LogP contribution in [0.5, 0.6) is 0 Å². The summed E-state index contributed by atoms with van der Waals surface area (Å²) >= 11 is 0. The van der Waals surface area contributed by atoms with E-state index >= 15 is 0 Å². The van der Waals surface area contributed by atoms with Gasteiger partial charge in [0.05, 0.1) is 11.1 Å². The Morgan fingerprint density at radius 3 is 2.43 bits per heavy atom. The van der Waals surface area contributed by atoms with Gasteiger partial charge in [-0.3, -0.25) is 19.3 Å². The maximum absolute atomic E-state index is 12.2. The summed E-state index contributed by atoms with van der Waals surface area (Å²) < 4.78 is 0. The Balaban J connectivity index is 1.53. The number of hydrogen-bond donors (Lipinski definition) is 2. The van der Waals surface area contributed by atoms with Crippen LogP contribution in [0, 0.1) is 5.92 Å². The molecular formula is C17H21N3O3. The maximum atomic E-state index is 12.2. The molecule has 122 valence electrons. The van der Waals surface area contributed by atoms with Gasteiger partial charge in [-0.05, 0) is 31.4 Å². The van der Waals surface area contributed by atoms with E-state index in [1.54, 1.807) is 24.3 Å². The second-order valence-electron chi connectivity index (χ2n) is 6.22. The number of nitrogens with one attached hydrogen (secondary N) is 1. The average molecular weight is 315 g/mol. The monoisotopic (exact) mass is 315 g/mol. The van der Waals surface area contributed by atoms with E-state index in [-0.39, 0.29) is 42.8 Å². The highest BCUT2D eigenvalue weighted by Gasteiger charge is 2.34. The van der Waals surface area contributed by atoms with Gasteiger partial charge >= 0.3 is 0 Å². The van der Waals surface area contributed by atoms with E-state index < -0.39 is 0 Å². The van der Waals surface area contributed by atoms with Gasteiger partial charge in [-0.25, -0.2) is 0 Å². The number of carbonyl (C=O) groups excluding carboxylic acids is 3. The number of nitrogens with two attached hydrogens (primary N) is 1. The van der Waals surface area contributed by atoms with Gasteiger partial charge in [0.15, 0.2) is 0 Å². The molecule has 6 heteroatoms. The fourth-order valence-electron chi connectivity index (χ4n) is 3.34. The number of carbonyl (C=O) groups is 3. The summed E-state index contributed by atoms with van der Waals surface area (Å²) in [4.78, 5) is 37.7. The predicted octanol–water partition coefficient (Wildman–Crippen LogP) is 0.916. The molecule has 3 rings (SSSR count). The van der Waals surface area contributed by atoms with E-state index in [2.05, 4.69) is 5.32 Å². The molecule has 0 spiro atoms. The van der Waals surface area contributed by atoms with Crippen LogP contribution in [0.2, 0.25) is 0 Å². The highest BCUT2D eigenvalue weighted by atomic mass is 16.2. The number of hydrogen-bond acceptors (Lipinski definition) is 4. The zero-order valence-electron chi connectivity index (χ0n) is 13.0. The van der Waals surface area contributed by atoms with Crippen molar-refractivity contribution in [3.63, 3.8) is 0 Å². The van der Waals surface area contributed by atoms with Crippen molar-refractivity contribution in [3.05, 3.63) is 35.4 Å². The van der Waals surface area contributed by atoms with E-state index in [0.29, 0.717) is 17.5 Å². The Morgan fingerprint density at radius 1 is 1.17 bits per heavy atom. The maximum Gasteiger partial charge on any atom is 0.261 e. The van der Waals surface area contributed by atoms with Crippen molar-refractivity contribution in [3.8, 4) is 0 Å². The summed E-state index contributed by atoms with van der Waals surface area (Å²) in [6, 6.07) is 6.87. The topological polar surface area (TPSA) is 92.5 Å². The normalized spacial score (nSPS) is 23.8. The minimum absolute atomic E-state index is 0.0308. The number of fused-ring (bicyclic) bond motifs is 1. The molecule has 3 N–H and O–H groups in total. The molecule has 1 aromatic rings. The van der Waals surface area contributed by atoms with Crippen molar-refractivity contribution in [1.29, 1.82) is 0 Å². The molecule has 0 bridgehead atoms. The second-order valence-corrected chi connectivity index (χ2v) is 6.22. The highest BCUT2D eigenvalue weighted by molar-refractivity contribution is 6.21. The van der Waals surface area contributed by atoms with E-state index in [0.717, 1.165) is 19.3 Å². The van der Waals surface area contributed by atoms with Gasteiger partial charge < -0.3 is 11.1 Å². The number of imide groups is 1. The van der Waals surface area contributed by atoms with Gasteiger partial charge in [-0.1, -0.05) is 18.6 Å². The van der Waals surface area contributed by atoms with Crippen LogP contribution >= 0.6 is 0 Å². The van der Waals surface area contributed by atoms with Gasteiger partial charge in [0.2, 0.25) is 5.91 Å². The summed E-state index contributed by atoms with van der Waals surface area (Å²) in [5, 5.41) is 2.83. The first-order chi connectivity index (χ1) is 11.1. The Bertz CT molecular complexity index is 609. The van der Waals surface area contributed by atoms with E-state index in [1.165, 1.54) is 4.90 Å². The van der Waals surface area contributed by atoms with Gasteiger partial charge in [0.1, 0.15) is 0 Å². The van der Waals surface area contributed by atoms with Gasteiger partial charge in [0, 0.05) is 25.0 Å². The molecule has 1 fully saturated rings. The van der Waals surface area contributed by atoms with Crippen molar-refractivity contribution in [2.24, 2.45) is 11.7 Å². The number of benzene rings is 1. The molecule has 1 heterocycles. The van der Waals surface area contributed by atoms with Crippen LogP contribution in [0.1, 0.15) is 46.4 Å². The SMILES string of the molecule is NC1CCCC(C(=O)NCCN2C(=O)c3ccccc3C2=O)C1. The van der Waals surface area contributed by atoms with E-state index in [1.807, 2.05) is 0 Å². The molecule has 1 aliphatic carbocycles.